The van der Waals surface area contributed by atoms with Crippen molar-refractivity contribution in [2.24, 2.45) is 0 Å². The zero-order chi connectivity index (χ0) is 38.5. The van der Waals surface area contributed by atoms with Gasteiger partial charge in [-0.25, -0.2) is 0 Å². The molecule has 0 fully saturated rings. The van der Waals surface area contributed by atoms with Crippen molar-refractivity contribution in [1.29, 1.82) is 0 Å². The van der Waals surface area contributed by atoms with Crippen molar-refractivity contribution in [1.82, 2.24) is 0 Å². The number of likely N-dealkylation sites (N-methyl/N-ethyl adjacent to an activating group) is 1. The number of carbonyl (C=O) groups excluding carboxylic acids is 3. The van der Waals surface area contributed by atoms with Gasteiger partial charge >= 0.3 is 11.9 Å². The molecule has 8 heteroatoms. The quantitative estimate of drug-likeness (QED) is 0.0350. The predicted molar refractivity (Wildman–Crippen MR) is 213 cm³/mol. The first-order chi connectivity index (χ1) is 25.1. The number of hydrogen-bond acceptors (Lipinski definition) is 7. The van der Waals surface area contributed by atoms with E-state index in [2.05, 4.69) is 13.8 Å². The molecule has 0 aliphatic rings. The van der Waals surface area contributed by atoms with Crippen LogP contribution in [-0.2, 0) is 28.6 Å². The largest absolute Gasteiger partial charge is 0.544 e. The van der Waals surface area contributed by atoms with Crippen molar-refractivity contribution >= 4 is 17.9 Å². The summed E-state index contributed by atoms with van der Waals surface area (Å²) in [5, 5.41) is 11.6. The van der Waals surface area contributed by atoms with Gasteiger partial charge in [-0.2, -0.15) is 0 Å². The van der Waals surface area contributed by atoms with Crippen LogP contribution >= 0.6 is 0 Å². The van der Waals surface area contributed by atoms with Crippen LogP contribution in [0, 0.1) is 0 Å². The van der Waals surface area contributed by atoms with E-state index >= 15 is 0 Å². The van der Waals surface area contributed by atoms with Gasteiger partial charge in [0.1, 0.15) is 12.6 Å². The molecule has 0 aliphatic heterocycles. The molecule has 0 aromatic carbocycles. The molecule has 8 nitrogen and oxygen atoms in total. The smallest absolute Gasteiger partial charge is 0.306 e. The SMILES string of the molecule is CCCCCCCCCCCCCCCCCCCCCCC(=O)OC(COCCC(C(=O)[O-])[N+](C)(C)C)COC(=O)CCCCCCCCCC. The highest BCUT2D eigenvalue weighted by atomic mass is 16.6. The lowest BCUT2D eigenvalue weighted by Crippen LogP contribution is -2.55. The van der Waals surface area contributed by atoms with Crippen LogP contribution < -0.4 is 5.11 Å². The molecule has 0 saturated heterocycles. The van der Waals surface area contributed by atoms with Crippen molar-refractivity contribution in [3.8, 4) is 0 Å². The Hall–Kier alpha value is -1.67. The van der Waals surface area contributed by atoms with E-state index in [1.807, 2.05) is 0 Å². The first-order valence-corrected chi connectivity index (χ1v) is 22.1. The standard InChI is InChI=1S/C44H85NO7/c1-6-8-10-12-14-16-17-18-19-20-21-22-23-24-25-26-27-29-31-33-35-43(47)52-40(38-50-37-36-41(44(48)49)45(3,4)5)39-51-42(46)34-32-30-28-15-13-11-9-7-2/h40-41H,6-39H2,1-5H3. The second-order valence-electron chi connectivity index (χ2n) is 16.3. The molecule has 52 heavy (non-hydrogen) atoms. The molecule has 2 unspecified atom stereocenters. The number of quaternary nitrogens is 1. The van der Waals surface area contributed by atoms with Crippen LogP contribution in [0.1, 0.15) is 213 Å². The molecule has 0 N–H and O–H groups in total. The van der Waals surface area contributed by atoms with Crippen molar-refractivity contribution in [3.63, 3.8) is 0 Å². The summed E-state index contributed by atoms with van der Waals surface area (Å²) in [6.45, 7) is 4.66. The van der Waals surface area contributed by atoms with E-state index in [0.717, 1.165) is 38.5 Å². The molecule has 0 heterocycles. The van der Waals surface area contributed by atoms with Crippen molar-refractivity contribution in [2.75, 3.05) is 41.0 Å². The van der Waals surface area contributed by atoms with Gasteiger partial charge in [0.25, 0.3) is 0 Å². The molecule has 0 rings (SSSR count). The Morgan fingerprint density at radius 1 is 0.500 bits per heavy atom. The number of carboxylic acid groups (broad SMARTS) is 1. The van der Waals surface area contributed by atoms with Crippen molar-refractivity contribution in [3.05, 3.63) is 0 Å². The van der Waals surface area contributed by atoms with Gasteiger partial charge in [0.2, 0.25) is 0 Å². The number of hydrogen-bond donors (Lipinski definition) is 0. The van der Waals surface area contributed by atoms with Gasteiger partial charge in [-0.3, -0.25) is 9.59 Å². The number of nitrogens with zero attached hydrogens (tertiary/aromatic N) is 1. The monoisotopic (exact) mass is 740 g/mol. The third kappa shape index (κ3) is 34.1. The predicted octanol–water partition coefficient (Wildman–Crippen LogP) is 10.4. The topological polar surface area (TPSA) is 102 Å². The van der Waals surface area contributed by atoms with Crippen LogP contribution in [0.25, 0.3) is 0 Å². The maximum absolute atomic E-state index is 12.7. The number of carbonyl (C=O) groups is 3. The summed E-state index contributed by atoms with van der Waals surface area (Å²) in [6, 6.07) is -0.718. The van der Waals surface area contributed by atoms with Gasteiger partial charge in [-0.05, 0) is 12.8 Å². The number of rotatable bonds is 40. The van der Waals surface area contributed by atoms with E-state index in [4.69, 9.17) is 14.2 Å². The number of ether oxygens (including phenoxy) is 3. The lowest BCUT2D eigenvalue weighted by molar-refractivity contribution is -0.889. The normalized spacial score (nSPS) is 12.9. The maximum atomic E-state index is 12.7. The molecule has 308 valence electrons. The summed E-state index contributed by atoms with van der Waals surface area (Å²) in [4.78, 5) is 36.7. The fraction of sp³-hybridized carbons (Fsp3) is 0.932. The third-order valence-electron chi connectivity index (χ3n) is 10.2. The zero-order valence-electron chi connectivity index (χ0n) is 35.0. The molecular formula is C44H85NO7. The Kier molecular flexibility index (Phi) is 35.1. The minimum absolute atomic E-state index is 0.0486. The molecule has 0 spiro atoms. The molecule has 0 aromatic heterocycles. The molecule has 0 bridgehead atoms. The first-order valence-electron chi connectivity index (χ1n) is 22.1. The van der Waals surface area contributed by atoms with Gasteiger partial charge in [0.05, 0.1) is 40.3 Å². The van der Waals surface area contributed by atoms with Crippen molar-refractivity contribution < 1.29 is 38.2 Å². The van der Waals surface area contributed by atoms with Gasteiger partial charge in [-0.1, -0.05) is 181 Å². The zero-order valence-corrected chi connectivity index (χ0v) is 35.0. The highest BCUT2D eigenvalue weighted by molar-refractivity contribution is 5.70. The minimum atomic E-state index is -1.12. The lowest BCUT2D eigenvalue weighted by Gasteiger charge is -2.34. The van der Waals surface area contributed by atoms with Crippen LogP contribution in [0.5, 0.6) is 0 Å². The molecular weight excluding hydrogens is 654 g/mol. The second-order valence-corrected chi connectivity index (χ2v) is 16.3. The lowest BCUT2D eigenvalue weighted by atomic mass is 10.0. The average Bonchev–Trinajstić information content (AvgIpc) is 3.09. The summed E-state index contributed by atoms with van der Waals surface area (Å²) in [6.07, 6.45) is 35.7. The van der Waals surface area contributed by atoms with Gasteiger partial charge in [0.15, 0.2) is 6.10 Å². The van der Waals surface area contributed by atoms with Crippen molar-refractivity contribution in [2.45, 2.75) is 225 Å². The Morgan fingerprint density at radius 2 is 0.846 bits per heavy atom. The van der Waals surface area contributed by atoms with Gasteiger partial charge in [-0.15, -0.1) is 0 Å². The molecule has 0 aliphatic carbocycles. The number of esters is 2. The number of unbranched alkanes of at least 4 members (excludes halogenated alkanes) is 26. The molecule has 0 radical (unpaired) electrons. The molecule has 0 aromatic rings. The Bertz CT molecular complexity index is 828. The maximum Gasteiger partial charge on any atom is 0.306 e. The first kappa shape index (κ1) is 50.3. The van der Waals surface area contributed by atoms with Crippen LogP contribution in [-0.4, -0.2) is 75.5 Å². The fourth-order valence-corrected chi connectivity index (χ4v) is 6.78. The van der Waals surface area contributed by atoms with Gasteiger partial charge in [0, 0.05) is 19.3 Å². The summed E-state index contributed by atoms with van der Waals surface area (Å²) >= 11 is 0. The number of carboxylic acids is 1. The van der Waals surface area contributed by atoms with Gasteiger partial charge < -0.3 is 28.6 Å². The molecule has 0 amide bonds. The Balaban J connectivity index is 4.17. The summed E-state index contributed by atoms with van der Waals surface area (Å²) in [5.41, 5.74) is 0. The van der Waals surface area contributed by atoms with Crippen LogP contribution in [0.15, 0.2) is 0 Å². The van der Waals surface area contributed by atoms with Crippen LogP contribution in [0.4, 0.5) is 0 Å². The van der Waals surface area contributed by atoms with E-state index in [1.54, 1.807) is 21.1 Å². The van der Waals surface area contributed by atoms with E-state index in [1.165, 1.54) is 141 Å². The van der Waals surface area contributed by atoms with E-state index in [0.29, 0.717) is 12.8 Å². The Labute approximate surface area is 321 Å². The van der Waals surface area contributed by atoms with E-state index in [-0.39, 0.29) is 42.7 Å². The molecule has 0 saturated carbocycles. The average molecular weight is 740 g/mol. The summed E-state index contributed by atoms with van der Waals surface area (Å²) in [5.74, 6) is -1.72. The Morgan fingerprint density at radius 3 is 1.19 bits per heavy atom. The van der Waals surface area contributed by atoms with E-state index < -0.39 is 18.1 Å². The van der Waals surface area contributed by atoms with E-state index in [9.17, 15) is 19.5 Å². The fourth-order valence-electron chi connectivity index (χ4n) is 6.78. The summed E-state index contributed by atoms with van der Waals surface area (Å²) in [7, 11) is 5.41. The third-order valence-corrected chi connectivity index (χ3v) is 10.2. The molecule has 2 atom stereocenters. The highest BCUT2D eigenvalue weighted by Crippen LogP contribution is 2.16. The van der Waals surface area contributed by atoms with Crippen LogP contribution in [0.2, 0.25) is 0 Å². The highest BCUT2D eigenvalue weighted by Gasteiger charge is 2.25. The second kappa shape index (κ2) is 36.3. The number of aliphatic carboxylic acids is 1. The minimum Gasteiger partial charge on any atom is -0.544 e. The summed E-state index contributed by atoms with van der Waals surface area (Å²) < 4.78 is 17.1. The van der Waals surface area contributed by atoms with Crippen LogP contribution in [0.3, 0.4) is 0 Å².